The Balaban J connectivity index is 1.32. The molecular weight excluding hydrogens is 356 g/mol. The molecule has 0 atom stereocenters. The highest BCUT2D eigenvalue weighted by Gasteiger charge is 2.07. The van der Waals surface area contributed by atoms with E-state index in [1.807, 2.05) is 54.7 Å². The zero-order valence-electron chi connectivity index (χ0n) is 15.4. The molecule has 28 heavy (non-hydrogen) atoms. The van der Waals surface area contributed by atoms with E-state index >= 15 is 0 Å². The number of aromatic nitrogens is 2. The first-order valence-corrected chi connectivity index (χ1v) is 9.01. The van der Waals surface area contributed by atoms with Crippen molar-refractivity contribution < 1.29 is 14.3 Å². The minimum Gasteiger partial charge on any atom is -0.484 e. The predicted octanol–water partition coefficient (Wildman–Crippen LogP) is 1.73. The van der Waals surface area contributed by atoms with E-state index in [9.17, 15) is 9.59 Å². The van der Waals surface area contributed by atoms with Gasteiger partial charge in [0.05, 0.1) is 18.4 Å². The second-order valence-electron chi connectivity index (χ2n) is 6.11. The lowest BCUT2D eigenvalue weighted by Crippen LogP contribution is -2.39. The first-order valence-electron chi connectivity index (χ1n) is 9.01. The largest absolute Gasteiger partial charge is 0.484 e. The van der Waals surface area contributed by atoms with Crippen LogP contribution in [-0.4, -0.2) is 41.3 Å². The van der Waals surface area contributed by atoms with Crippen LogP contribution in [-0.2, 0) is 16.0 Å². The van der Waals surface area contributed by atoms with Gasteiger partial charge in [-0.1, -0.05) is 36.4 Å². The number of nitrogens with one attached hydrogen (secondary N) is 2. The molecule has 0 bridgehead atoms. The Hall–Kier alpha value is -3.61. The number of ether oxygens (including phenoxy) is 1. The minimum atomic E-state index is -0.344. The fourth-order valence-corrected chi connectivity index (χ4v) is 2.52. The highest BCUT2D eigenvalue weighted by molar-refractivity contribution is 5.85. The number of hydrogen-bond acceptors (Lipinski definition) is 4. The summed E-state index contributed by atoms with van der Waals surface area (Å²) in [6.45, 7) is 0.256. The number of para-hydroxylation sites is 2. The third-order valence-electron chi connectivity index (χ3n) is 3.95. The Morgan fingerprint density at radius 2 is 1.64 bits per heavy atom. The van der Waals surface area contributed by atoms with E-state index in [1.165, 1.54) is 0 Å². The van der Waals surface area contributed by atoms with Crippen LogP contribution in [0.15, 0.2) is 73.1 Å². The molecule has 0 unspecified atom stereocenters. The lowest BCUT2D eigenvalue weighted by Gasteiger charge is -2.08. The second kappa shape index (κ2) is 9.91. The summed E-state index contributed by atoms with van der Waals surface area (Å²) in [5.41, 5.74) is 2.00. The molecule has 0 saturated heterocycles. The van der Waals surface area contributed by atoms with E-state index in [0.717, 1.165) is 11.3 Å². The van der Waals surface area contributed by atoms with Crippen molar-refractivity contribution >= 4 is 11.8 Å². The molecule has 1 heterocycles. The molecule has 2 amide bonds. The molecule has 2 N–H and O–H groups in total. The molecule has 0 aliphatic carbocycles. The van der Waals surface area contributed by atoms with Crippen molar-refractivity contribution in [3.63, 3.8) is 0 Å². The van der Waals surface area contributed by atoms with Crippen molar-refractivity contribution in [2.45, 2.75) is 6.42 Å². The number of rotatable bonds is 9. The lowest BCUT2D eigenvalue weighted by atomic mass is 10.2. The van der Waals surface area contributed by atoms with E-state index in [4.69, 9.17) is 4.74 Å². The van der Waals surface area contributed by atoms with Crippen molar-refractivity contribution in [1.29, 1.82) is 0 Å². The zero-order valence-corrected chi connectivity index (χ0v) is 15.4. The topological polar surface area (TPSA) is 85.2 Å². The van der Waals surface area contributed by atoms with Gasteiger partial charge in [-0.05, 0) is 36.2 Å². The molecule has 0 fully saturated rings. The highest BCUT2D eigenvalue weighted by Crippen LogP contribution is 2.08. The van der Waals surface area contributed by atoms with Crippen LogP contribution in [0.2, 0.25) is 0 Å². The van der Waals surface area contributed by atoms with Crippen molar-refractivity contribution in [3.8, 4) is 11.4 Å². The summed E-state index contributed by atoms with van der Waals surface area (Å²) in [7, 11) is 0. The van der Waals surface area contributed by atoms with Gasteiger partial charge in [0.2, 0.25) is 5.91 Å². The molecule has 0 radical (unpaired) electrons. The fraction of sp³-hybridized carbons (Fsp3) is 0.190. The van der Waals surface area contributed by atoms with Gasteiger partial charge in [0.1, 0.15) is 5.75 Å². The maximum atomic E-state index is 11.9. The van der Waals surface area contributed by atoms with Gasteiger partial charge in [-0.15, -0.1) is 0 Å². The van der Waals surface area contributed by atoms with Gasteiger partial charge in [-0.2, -0.15) is 5.10 Å². The molecule has 3 rings (SSSR count). The summed E-state index contributed by atoms with van der Waals surface area (Å²) in [6, 6.07) is 18.9. The second-order valence-corrected chi connectivity index (χ2v) is 6.11. The monoisotopic (exact) mass is 378 g/mol. The summed E-state index contributed by atoms with van der Waals surface area (Å²) >= 11 is 0. The molecule has 0 aliphatic heterocycles. The molecule has 0 spiro atoms. The molecule has 144 valence electrons. The van der Waals surface area contributed by atoms with Crippen LogP contribution in [0.5, 0.6) is 5.75 Å². The van der Waals surface area contributed by atoms with Gasteiger partial charge < -0.3 is 15.4 Å². The minimum absolute atomic E-state index is 0.0831. The molecule has 7 heteroatoms. The quantitative estimate of drug-likeness (QED) is 0.594. The predicted molar refractivity (Wildman–Crippen MR) is 105 cm³/mol. The molecule has 1 aromatic heterocycles. The number of nitrogens with zero attached hydrogens (tertiary/aromatic N) is 2. The van der Waals surface area contributed by atoms with Crippen LogP contribution in [0.1, 0.15) is 5.56 Å². The van der Waals surface area contributed by atoms with Crippen LogP contribution in [0.3, 0.4) is 0 Å². The third-order valence-corrected chi connectivity index (χ3v) is 3.95. The van der Waals surface area contributed by atoms with E-state index in [2.05, 4.69) is 15.7 Å². The van der Waals surface area contributed by atoms with Crippen molar-refractivity contribution in [1.82, 2.24) is 20.4 Å². The first kappa shape index (κ1) is 19.2. The van der Waals surface area contributed by atoms with E-state index < -0.39 is 0 Å². The van der Waals surface area contributed by atoms with Gasteiger partial charge in [0.15, 0.2) is 6.61 Å². The summed E-state index contributed by atoms with van der Waals surface area (Å²) in [6.07, 6.45) is 4.37. The van der Waals surface area contributed by atoms with E-state index in [1.54, 1.807) is 23.0 Å². The summed E-state index contributed by atoms with van der Waals surface area (Å²) in [5.74, 6) is 0.0183. The van der Waals surface area contributed by atoms with E-state index in [-0.39, 0.29) is 25.0 Å². The van der Waals surface area contributed by atoms with Crippen LogP contribution in [0.4, 0.5) is 0 Å². The standard InChI is InChI=1S/C21H22N4O3/c26-20(14-23-21(27)16-28-19-9-5-2-6-10-19)22-12-11-17-13-24-25(15-17)18-7-3-1-4-8-18/h1-10,13,15H,11-12,14,16H2,(H,22,26)(H,23,27). The van der Waals surface area contributed by atoms with Gasteiger partial charge in [-0.25, -0.2) is 4.68 Å². The normalized spacial score (nSPS) is 10.3. The molecule has 0 aliphatic rings. The Morgan fingerprint density at radius 3 is 2.39 bits per heavy atom. The molecule has 7 nitrogen and oxygen atoms in total. The molecule has 2 aromatic carbocycles. The van der Waals surface area contributed by atoms with E-state index in [0.29, 0.717) is 18.7 Å². The van der Waals surface area contributed by atoms with Gasteiger partial charge in [0.25, 0.3) is 5.91 Å². The van der Waals surface area contributed by atoms with Crippen LogP contribution in [0, 0.1) is 0 Å². The van der Waals surface area contributed by atoms with Gasteiger partial charge >= 0.3 is 0 Å². The number of benzene rings is 2. The Morgan fingerprint density at radius 1 is 0.929 bits per heavy atom. The molecule has 3 aromatic rings. The maximum absolute atomic E-state index is 11.9. The van der Waals surface area contributed by atoms with Crippen LogP contribution >= 0.6 is 0 Å². The van der Waals surface area contributed by atoms with Crippen molar-refractivity contribution in [2.24, 2.45) is 0 Å². The lowest BCUT2D eigenvalue weighted by molar-refractivity contribution is -0.127. The number of carbonyl (C=O) groups is 2. The average Bonchev–Trinajstić information content (AvgIpc) is 3.21. The Labute approximate surface area is 163 Å². The Kier molecular flexibility index (Phi) is 6.78. The fourth-order valence-electron chi connectivity index (χ4n) is 2.52. The molecule has 0 saturated carbocycles. The maximum Gasteiger partial charge on any atom is 0.258 e. The summed E-state index contributed by atoms with van der Waals surface area (Å²) < 4.78 is 7.12. The Bertz CT molecular complexity index is 894. The highest BCUT2D eigenvalue weighted by atomic mass is 16.5. The third kappa shape index (κ3) is 5.98. The first-order chi connectivity index (χ1) is 13.7. The summed E-state index contributed by atoms with van der Waals surface area (Å²) in [5, 5.41) is 9.63. The van der Waals surface area contributed by atoms with Gasteiger partial charge in [0, 0.05) is 12.7 Å². The average molecular weight is 378 g/mol. The van der Waals surface area contributed by atoms with Crippen molar-refractivity contribution in [3.05, 3.63) is 78.6 Å². The zero-order chi connectivity index (χ0) is 19.6. The molecular formula is C21H22N4O3. The number of hydrogen-bond donors (Lipinski definition) is 2. The van der Waals surface area contributed by atoms with Crippen LogP contribution in [0.25, 0.3) is 5.69 Å². The van der Waals surface area contributed by atoms with Crippen molar-refractivity contribution in [2.75, 3.05) is 19.7 Å². The van der Waals surface area contributed by atoms with Crippen LogP contribution < -0.4 is 15.4 Å². The van der Waals surface area contributed by atoms with Gasteiger partial charge in [-0.3, -0.25) is 9.59 Å². The summed E-state index contributed by atoms with van der Waals surface area (Å²) in [4.78, 5) is 23.6. The smallest absolute Gasteiger partial charge is 0.258 e. The number of carbonyl (C=O) groups excluding carboxylic acids is 2. The number of amides is 2. The SMILES string of the molecule is O=C(CNC(=O)COc1ccccc1)NCCc1cnn(-c2ccccc2)c1.